The number of likely N-dealkylation sites (tertiary alicyclic amines) is 1. The smallest absolute Gasteiger partial charge is 0.407 e. The summed E-state index contributed by atoms with van der Waals surface area (Å²) >= 11 is 0. The van der Waals surface area contributed by atoms with Crippen LogP contribution >= 0.6 is 10.6 Å². The van der Waals surface area contributed by atoms with E-state index in [0.29, 0.717) is 60.3 Å². The molecule has 4 N–H and O–H groups in total. The molecule has 182 valence electrons. The molecule has 0 spiro atoms. The molecule has 34 heavy (non-hydrogen) atoms. The lowest BCUT2D eigenvalue weighted by molar-refractivity contribution is 0.126. The second kappa shape index (κ2) is 8.64. The molecule has 0 saturated carbocycles. The Labute approximate surface area is 197 Å². The average molecular weight is 489 g/mol. The Morgan fingerprint density at radius 1 is 1.21 bits per heavy atom. The number of hydrogen-bond acceptors (Lipinski definition) is 9. The molecule has 1 amide bonds. The van der Waals surface area contributed by atoms with Gasteiger partial charge in [-0.15, -0.1) is 0 Å². The third kappa shape index (κ3) is 4.03. The van der Waals surface area contributed by atoms with Gasteiger partial charge in [0.1, 0.15) is 18.0 Å². The largest absolute Gasteiger partial charge is 0.465 e. The number of imidazole rings is 1. The number of fused-ring (bicyclic) bond motifs is 1. The Kier molecular flexibility index (Phi) is 5.78. The van der Waals surface area contributed by atoms with Crippen LogP contribution in [0.1, 0.15) is 25.6 Å². The number of hydrogen-bond donors (Lipinski definition) is 4. The van der Waals surface area contributed by atoms with E-state index in [0.717, 1.165) is 5.56 Å². The Bertz CT molecular complexity index is 1220. The van der Waals surface area contributed by atoms with Gasteiger partial charge in [0, 0.05) is 42.9 Å². The number of rotatable bonds is 5. The monoisotopic (exact) mass is 488 g/mol. The second-order valence-corrected chi connectivity index (χ2v) is 11.2. The lowest BCUT2D eigenvalue weighted by Crippen LogP contribution is -2.46. The van der Waals surface area contributed by atoms with Crippen molar-refractivity contribution in [1.29, 1.82) is 0 Å². The van der Waals surface area contributed by atoms with Crippen molar-refractivity contribution < 1.29 is 19.0 Å². The van der Waals surface area contributed by atoms with Crippen molar-refractivity contribution in [2.45, 2.75) is 45.3 Å². The third-order valence-electron chi connectivity index (χ3n) is 6.69. The molecule has 3 atom stereocenters. The zero-order chi connectivity index (χ0) is 24.0. The maximum Gasteiger partial charge on any atom is 0.407 e. The van der Waals surface area contributed by atoms with Gasteiger partial charge in [-0.1, -0.05) is 0 Å². The molecule has 13 heteroatoms. The number of anilines is 1. The van der Waals surface area contributed by atoms with E-state index in [-0.39, 0.29) is 23.8 Å². The topological polar surface area (TPSA) is 162 Å². The highest BCUT2D eigenvalue weighted by Gasteiger charge is 2.46. The van der Waals surface area contributed by atoms with Crippen LogP contribution in [0.25, 0.3) is 22.6 Å². The lowest BCUT2D eigenvalue weighted by Gasteiger charge is -2.33. The van der Waals surface area contributed by atoms with Crippen LogP contribution in [0.3, 0.4) is 0 Å². The van der Waals surface area contributed by atoms with Crippen LogP contribution in [0, 0.1) is 12.8 Å². The minimum absolute atomic E-state index is 0.133. The van der Waals surface area contributed by atoms with E-state index >= 15 is 0 Å². The molecule has 0 bridgehead atoms. The van der Waals surface area contributed by atoms with E-state index in [9.17, 15) is 19.0 Å². The number of nitrogens with zero attached hydrogens (tertiary/aromatic N) is 7. The van der Waals surface area contributed by atoms with Crippen molar-refractivity contribution >= 4 is 33.7 Å². The summed E-state index contributed by atoms with van der Waals surface area (Å²) in [7, 11) is -2.65. The fraction of sp³-hybridized carbons (Fsp3) is 0.524. The zero-order valence-electron chi connectivity index (χ0n) is 19.0. The summed E-state index contributed by atoms with van der Waals surface area (Å²) < 4.78 is 22.3. The predicted molar refractivity (Wildman–Crippen MR) is 128 cm³/mol. The summed E-state index contributed by atoms with van der Waals surface area (Å²) in [4.78, 5) is 35.6. The molecule has 0 aliphatic carbocycles. The fourth-order valence-electron chi connectivity index (χ4n) is 5.14. The van der Waals surface area contributed by atoms with E-state index in [1.165, 1.54) is 11.2 Å². The number of amides is 1. The van der Waals surface area contributed by atoms with Crippen LogP contribution in [0.4, 0.5) is 10.6 Å². The molecule has 3 unspecified atom stereocenters. The van der Waals surface area contributed by atoms with Gasteiger partial charge in [0.25, 0.3) is 0 Å². The number of carbonyl (C=O) groups is 1. The normalized spacial score (nSPS) is 25.1. The Hall–Kier alpha value is -3.03. The van der Waals surface area contributed by atoms with Crippen LogP contribution in [0.15, 0.2) is 18.7 Å². The van der Waals surface area contributed by atoms with Crippen LogP contribution in [-0.4, -0.2) is 84.8 Å². The Balaban J connectivity index is 1.50. The Morgan fingerprint density at radius 3 is 2.62 bits per heavy atom. The SMILES string of the molecule is CCn1c(-c2cnc(C)nc2)nc2c(NC3CCN(C(=O)O)C3C3CCS(O)(O)C3)ncnc21. The van der Waals surface area contributed by atoms with E-state index < -0.39 is 16.7 Å². The van der Waals surface area contributed by atoms with Crippen molar-refractivity contribution in [3.8, 4) is 11.4 Å². The summed E-state index contributed by atoms with van der Waals surface area (Å²) in [5, 5.41) is 13.2. The molecule has 2 fully saturated rings. The summed E-state index contributed by atoms with van der Waals surface area (Å²) in [6.45, 7) is 4.83. The molecule has 0 radical (unpaired) electrons. The lowest BCUT2D eigenvalue weighted by atomic mass is 9.93. The van der Waals surface area contributed by atoms with E-state index in [1.54, 1.807) is 12.4 Å². The van der Waals surface area contributed by atoms with Crippen molar-refractivity contribution in [2.24, 2.45) is 5.92 Å². The first-order valence-electron chi connectivity index (χ1n) is 11.3. The molecule has 5 heterocycles. The van der Waals surface area contributed by atoms with Gasteiger partial charge >= 0.3 is 6.09 Å². The van der Waals surface area contributed by atoms with Gasteiger partial charge < -0.3 is 19.9 Å². The van der Waals surface area contributed by atoms with Crippen molar-refractivity contribution in [3.63, 3.8) is 0 Å². The van der Waals surface area contributed by atoms with Gasteiger partial charge in [0.15, 0.2) is 17.0 Å². The van der Waals surface area contributed by atoms with Crippen LogP contribution < -0.4 is 5.32 Å². The van der Waals surface area contributed by atoms with Crippen molar-refractivity contribution in [3.05, 3.63) is 24.5 Å². The Morgan fingerprint density at radius 2 is 1.97 bits per heavy atom. The molecule has 2 saturated heterocycles. The number of aryl methyl sites for hydroxylation is 2. The van der Waals surface area contributed by atoms with Gasteiger partial charge in [-0.25, -0.2) is 29.7 Å². The first-order chi connectivity index (χ1) is 16.3. The zero-order valence-corrected chi connectivity index (χ0v) is 19.8. The standard InChI is InChI=1S/C21H28N8O4S/c1-3-28-19(14-8-22-12(2)23-9-14)27-16-18(24-11-25-20(16)28)26-15-4-6-29(21(30)31)17(15)13-5-7-34(32,33)10-13/h8-9,11,13,15,17,32-33H,3-7,10H2,1-2H3,(H,30,31)(H,24,25,26). The van der Waals surface area contributed by atoms with Gasteiger partial charge in [0.05, 0.1) is 17.6 Å². The van der Waals surface area contributed by atoms with Crippen molar-refractivity contribution in [2.75, 3.05) is 23.4 Å². The minimum Gasteiger partial charge on any atom is -0.465 e. The number of aromatic nitrogens is 6. The van der Waals surface area contributed by atoms with E-state index in [1.807, 2.05) is 18.4 Å². The molecule has 5 rings (SSSR count). The van der Waals surface area contributed by atoms with Gasteiger partial charge in [-0.2, -0.15) is 10.6 Å². The molecule has 2 aliphatic rings. The van der Waals surface area contributed by atoms with Crippen LogP contribution in [-0.2, 0) is 6.54 Å². The quantitative estimate of drug-likeness (QED) is 0.420. The van der Waals surface area contributed by atoms with E-state index in [2.05, 4.69) is 25.3 Å². The molecule has 12 nitrogen and oxygen atoms in total. The first-order valence-corrected chi connectivity index (χ1v) is 13.2. The first kappa shape index (κ1) is 22.7. The minimum atomic E-state index is -2.65. The molecule has 0 aromatic carbocycles. The maximum atomic E-state index is 11.9. The highest BCUT2D eigenvalue weighted by molar-refractivity contribution is 8.24. The molecular formula is C21H28N8O4S. The summed E-state index contributed by atoms with van der Waals surface area (Å²) in [5.74, 6) is 2.28. The summed E-state index contributed by atoms with van der Waals surface area (Å²) in [5.41, 5.74) is 2.02. The molecular weight excluding hydrogens is 460 g/mol. The van der Waals surface area contributed by atoms with E-state index in [4.69, 9.17) is 4.98 Å². The highest BCUT2D eigenvalue weighted by Crippen LogP contribution is 2.51. The predicted octanol–water partition coefficient (Wildman–Crippen LogP) is 2.91. The summed E-state index contributed by atoms with van der Waals surface area (Å²) in [6.07, 6.45) is 5.10. The number of nitrogens with one attached hydrogen (secondary N) is 1. The third-order valence-corrected chi connectivity index (χ3v) is 8.54. The van der Waals surface area contributed by atoms with Crippen molar-refractivity contribution in [1.82, 2.24) is 34.4 Å². The molecule has 3 aromatic rings. The summed E-state index contributed by atoms with van der Waals surface area (Å²) in [6, 6.07) is -0.611. The van der Waals surface area contributed by atoms with Crippen LogP contribution in [0.2, 0.25) is 0 Å². The van der Waals surface area contributed by atoms with Gasteiger partial charge in [-0.05, 0) is 26.7 Å². The highest BCUT2D eigenvalue weighted by atomic mass is 32.3. The molecule has 3 aromatic heterocycles. The fourth-order valence-corrected chi connectivity index (χ4v) is 7.04. The average Bonchev–Trinajstić information content (AvgIpc) is 3.49. The molecule has 2 aliphatic heterocycles. The number of carboxylic acid groups (broad SMARTS) is 1. The van der Waals surface area contributed by atoms with Gasteiger partial charge in [0.2, 0.25) is 0 Å². The second-order valence-electron chi connectivity index (χ2n) is 8.82. The van der Waals surface area contributed by atoms with Gasteiger partial charge in [-0.3, -0.25) is 9.11 Å². The van der Waals surface area contributed by atoms with Crippen LogP contribution in [0.5, 0.6) is 0 Å². The maximum absolute atomic E-state index is 11.9.